The van der Waals surface area contributed by atoms with Crippen LogP contribution in [0.1, 0.15) is 41.9 Å². The van der Waals surface area contributed by atoms with Crippen LogP contribution in [0.2, 0.25) is 0 Å². The summed E-state index contributed by atoms with van der Waals surface area (Å²) in [7, 11) is 1.34. The van der Waals surface area contributed by atoms with Crippen LogP contribution in [-0.2, 0) is 11.3 Å². The molecule has 0 spiro atoms. The maximum Gasteiger partial charge on any atom is 0.337 e. The van der Waals surface area contributed by atoms with E-state index in [4.69, 9.17) is 4.74 Å². The van der Waals surface area contributed by atoms with Crippen LogP contribution in [0.3, 0.4) is 0 Å². The number of carbonyl (C=O) groups is 1. The molecular weight excluding hydrogens is 294 g/mol. The molecule has 0 unspecified atom stereocenters. The fourth-order valence-corrected chi connectivity index (χ4v) is 3.16. The summed E-state index contributed by atoms with van der Waals surface area (Å²) >= 11 is 0. The van der Waals surface area contributed by atoms with Crippen molar-refractivity contribution in [3.8, 4) is 0 Å². The first-order chi connectivity index (χ1) is 11.2. The third-order valence-electron chi connectivity index (χ3n) is 4.40. The van der Waals surface area contributed by atoms with Gasteiger partial charge in [-0.1, -0.05) is 0 Å². The summed E-state index contributed by atoms with van der Waals surface area (Å²) in [6, 6.07) is 4.83. The van der Waals surface area contributed by atoms with Gasteiger partial charge >= 0.3 is 5.97 Å². The van der Waals surface area contributed by atoms with E-state index in [2.05, 4.69) is 9.97 Å². The molecule has 6 nitrogen and oxygen atoms in total. The van der Waals surface area contributed by atoms with Crippen molar-refractivity contribution in [2.45, 2.75) is 32.2 Å². The summed E-state index contributed by atoms with van der Waals surface area (Å²) < 4.78 is 4.72. The Balaban J connectivity index is 1.91. The number of ether oxygens (including phenoxy) is 1. The lowest BCUT2D eigenvalue weighted by Crippen LogP contribution is -3.10. The van der Waals surface area contributed by atoms with Crippen molar-refractivity contribution in [2.24, 2.45) is 0 Å². The Bertz CT molecular complexity index is 761. The van der Waals surface area contributed by atoms with Gasteiger partial charge in [0.15, 0.2) is 5.82 Å². The number of quaternary nitrogens is 1. The Hall–Kier alpha value is -2.21. The number of carbonyl (C=O) groups excluding carboxylic acids is 1. The van der Waals surface area contributed by atoms with E-state index in [-0.39, 0.29) is 5.56 Å². The molecule has 1 aliphatic rings. The number of fused-ring (bicyclic) bond motifs is 1. The first kappa shape index (κ1) is 15.7. The van der Waals surface area contributed by atoms with E-state index in [1.165, 1.54) is 37.7 Å². The van der Waals surface area contributed by atoms with Gasteiger partial charge in [-0.25, -0.2) is 9.78 Å². The Morgan fingerprint density at radius 3 is 2.70 bits per heavy atom. The molecule has 6 heteroatoms. The zero-order valence-corrected chi connectivity index (χ0v) is 13.4. The molecule has 0 bridgehead atoms. The smallest absolute Gasteiger partial charge is 0.337 e. The molecule has 23 heavy (non-hydrogen) atoms. The van der Waals surface area contributed by atoms with Crippen molar-refractivity contribution < 1.29 is 14.4 Å². The minimum absolute atomic E-state index is 0.157. The molecule has 3 rings (SSSR count). The second-order valence-corrected chi connectivity index (χ2v) is 6.08. The van der Waals surface area contributed by atoms with Crippen molar-refractivity contribution in [3.63, 3.8) is 0 Å². The molecule has 0 atom stereocenters. The van der Waals surface area contributed by atoms with Crippen LogP contribution in [-0.4, -0.2) is 36.1 Å². The number of nitrogens with one attached hydrogen (secondary N) is 2. The van der Waals surface area contributed by atoms with Gasteiger partial charge in [-0.3, -0.25) is 4.79 Å². The van der Waals surface area contributed by atoms with Gasteiger partial charge in [0.25, 0.3) is 5.56 Å². The van der Waals surface area contributed by atoms with Crippen molar-refractivity contribution in [3.05, 3.63) is 39.9 Å². The zero-order valence-electron chi connectivity index (χ0n) is 13.4. The molecule has 1 aromatic carbocycles. The van der Waals surface area contributed by atoms with Gasteiger partial charge in [0.1, 0.15) is 6.54 Å². The van der Waals surface area contributed by atoms with Gasteiger partial charge in [-0.05, 0) is 43.9 Å². The van der Waals surface area contributed by atoms with E-state index in [1.807, 2.05) is 0 Å². The number of nitrogens with zero attached hydrogens (tertiary/aromatic N) is 1. The molecule has 2 aromatic rings. The lowest BCUT2D eigenvalue weighted by atomic mass is 10.1. The van der Waals surface area contributed by atoms with E-state index in [0.717, 1.165) is 13.1 Å². The Kier molecular flexibility index (Phi) is 4.71. The fraction of sp³-hybridized carbons (Fsp3) is 0.471. The van der Waals surface area contributed by atoms with Crippen molar-refractivity contribution in [1.29, 1.82) is 0 Å². The third-order valence-corrected chi connectivity index (χ3v) is 4.40. The van der Waals surface area contributed by atoms with E-state index < -0.39 is 5.97 Å². The zero-order chi connectivity index (χ0) is 16.2. The molecule has 1 aromatic heterocycles. The van der Waals surface area contributed by atoms with E-state index >= 15 is 0 Å². The predicted molar refractivity (Wildman–Crippen MR) is 86.6 cm³/mol. The highest BCUT2D eigenvalue weighted by Gasteiger charge is 2.15. The molecular formula is C17H22N3O3+. The summed E-state index contributed by atoms with van der Waals surface area (Å²) in [6.07, 6.45) is 5.01. The molecule has 0 radical (unpaired) electrons. The number of aromatic nitrogens is 2. The normalized spacial score (nSPS) is 16.2. The first-order valence-corrected chi connectivity index (χ1v) is 8.12. The number of rotatable bonds is 3. The lowest BCUT2D eigenvalue weighted by Gasteiger charge is -2.16. The molecule has 0 amide bonds. The standard InChI is InChI=1S/C17H21N3O3/c1-23-17(22)12-6-7-13-14(10-12)18-15(19-16(13)21)11-20-8-4-2-3-5-9-20/h6-7,10H,2-5,8-9,11H2,1H3,(H,18,19,21)/p+1. The number of H-pyrrole nitrogens is 1. The van der Waals surface area contributed by atoms with Crippen LogP contribution in [0.5, 0.6) is 0 Å². The molecule has 1 fully saturated rings. The number of esters is 1. The number of methoxy groups -OCH3 is 1. The van der Waals surface area contributed by atoms with Gasteiger partial charge < -0.3 is 14.6 Å². The highest BCUT2D eigenvalue weighted by Crippen LogP contribution is 2.11. The highest BCUT2D eigenvalue weighted by atomic mass is 16.5. The summed E-state index contributed by atoms with van der Waals surface area (Å²) in [5, 5.41) is 0.493. The largest absolute Gasteiger partial charge is 0.465 e. The maximum absolute atomic E-state index is 12.2. The summed E-state index contributed by atoms with van der Waals surface area (Å²) in [4.78, 5) is 32.8. The van der Waals surface area contributed by atoms with E-state index in [0.29, 0.717) is 28.8 Å². The molecule has 0 saturated carbocycles. The number of likely N-dealkylation sites (tertiary alicyclic amines) is 1. The monoisotopic (exact) mass is 316 g/mol. The second kappa shape index (κ2) is 6.91. The van der Waals surface area contributed by atoms with E-state index in [9.17, 15) is 9.59 Å². The Labute approximate surface area is 134 Å². The predicted octanol–water partition coefficient (Wildman–Crippen LogP) is 0.669. The quantitative estimate of drug-likeness (QED) is 0.816. The van der Waals surface area contributed by atoms with Gasteiger partial charge in [0, 0.05) is 0 Å². The molecule has 2 N–H and O–H groups in total. The van der Waals surface area contributed by atoms with Crippen molar-refractivity contribution >= 4 is 16.9 Å². The highest BCUT2D eigenvalue weighted by molar-refractivity contribution is 5.93. The first-order valence-electron chi connectivity index (χ1n) is 8.12. The average Bonchev–Trinajstić information content (AvgIpc) is 2.82. The summed E-state index contributed by atoms with van der Waals surface area (Å²) in [6.45, 7) is 2.95. The molecule has 1 saturated heterocycles. The topological polar surface area (TPSA) is 76.5 Å². The number of hydrogen-bond acceptors (Lipinski definition) is 4. The third kappa shape index (κ3) is 3.59. The molecule has 122 valence electrons. The van der Waals surface area contributed by atoms with Gasteiger partial charge in [-0.15, -0.1) is 0 Å². The van der Waals surface area contributed by atoms with Crippen molar-refractivity contribution in [1.82, 2.24) is 9.97 Å². The lowest BCUT2D eigenvalue weighted by molar-refractivity contribution is -0.913. The minimum Gasteiger partial charge on any atom is -0.465 e. The van der Waals surface area contributed by atoms with E-state index in [1.54, 1.807) is 18.2 Å². The average molecular weight is 316 g/mol. The minimum atomic E-state index is -0.423. The number of benzene rings is 1. The molecule has 2 heterocycles. The summed E-state index contributed by atoms with van der Waals surface area (Å²) in [5.74, 6) is 0.259. The van der Waals surface area contributed by atoms with Gasteiger partial charge in [0.2, 0.25) is 0 Å². The van der Waals surface area contributed by atoms with Crippen molar-refractivity contribution in [2.75, 3.05) is 20.2 Å². The van der Waals surface area contributed by atoms with Crippen LogP contribution in [0.15, 0.2) is 23.0 Å². The number of hydrogen-bond donors (Lipinski definition) is 2. The van der Waals surface area contributed by atoms with Crippen LogP contribution in [0, 0.1) is 0 Å². The molecule has 1 aliphatic heterocycles. The Morgan fingerprint density at radius 1 is 1.26 bits per heavy atom. The summed E-state index contributed by atoms with van der Waals surface area (Å²) in [5.41, 5.74) is 0.794. The fourth-order valence-electron chi connectivity index (χ4n) is 3.16. The molecule has 0 aliphatic carbocycles. The Morgan fingerprint density at radius 2 is 2.00 bits per heavy atom. The maximum atomic E-state index is 12.2. The van der Waals surface area contributed by atoms with Crippen LogP contribution < -0.4 is 10.5 Å². The van der Waals surface area contributed by atoms with Gasteiger partial charge in [0.05, 0.1) is 36.7 Å². The van der Waals surface area contributed by atoms with Gasteiger partial charge in [-0.2, -0.15) is 0 Å². The number of aromatic amines is 1. The van der Waals surface area contributed by atoms with Crippen LogP contribution in [0.4, 0.5) is 0 Å². The van der Waals surface area contributed by atoms with Crippen LogP contribution >= 0.6 is 0 Å². The second-order valence-electron chi connectivity index (χ2n) is 6.08. The SMILES string of the molecule is COC(=O)c1ccc2c(=O)[nH]c(C[NH+]3CCCCCC3)nc2c1. The van der Waals surface area contributed by atoms with Crippen LogP contribution in [0.25, 0.3) is 10.9 Å².